The summed E-state index contributed by atoms with van der Waals surface area (Å²) in [6.07, 6.45) is 8.78. The van der Waals surface area contributed by atoms with E-state index < -0.39 is 0 Å². The maximum absolute atomic E-state index is 13.9. The Morgan fingerprint density at radius 3 is 2.08 bits per heavy atom. The minimum atomic E-state index is -0.200. The van der Waals surface area contributed by atoms with E-state index in [1.54, 1.807) is 19.1 Å². The number of Topliss-reactive ketones (excluding diaryl/α,β-unsaturated/α-hetero) is 1. The van der Waals surface area contributed by atoms with Crippen LogP contribution in [0.1, 0.15) is 83.1 Å². The van der Waals surface area contributed by atoms with Gasteiger partial charge in [-0.2, -0.15) is 0 Å². The number of hydrogen-bond acceptors (Lipinski definition) is 1. The molecular weight excluding hydrogens is 491 g/mol. The molecule has 0 saturated heterocycles. The fourth-order valence-corrected chi connectivity index (χ4v) is 4.08. The van der Waals surface area contributed by atoms with Gasteiger partial charge in [0, 0.05) is 11.8 Å². The Kier molecular flexibility index (Phi) is 14.3. The van der Waals surface area contributed by atoms with Crippen molar-refractivity contribution in [1.82, 2.24) is 0 Å². The zero-order valence-electron chi connectivity index (χ0n) is 26.2. The molecule has 0 saturated carbocycles. The Morgan fingerprint density at radius 2 is 1.55 bits per heavy atom. The second-order valence-corrected chi connectivity index (χ2v) is 11.2. The largest absolute Gasteiger partial charge is 0.300 e. The summed E-state index contributed by atoms with van der Waals surface area (Å²) in [6.45, 7) is 29.5. The summed E-state index contributed by atoms with van der Waals surface area (Å²) in [5.74, 6) is 0.462. The number of rotatable bonds is 11. The summed E-state index contributed by atoms with van der Waals surface area (Å²) < 4.78 is 13.9. The fourth-order valence-electron chi connectivity index (χ4n) is 4.08. The Balaban J connectivity index is 0.000000486. The summed E-state index contributed by atoms with van der Waals surface area (Å²) in [7, 11) is 0. The molecule has 0 amide bonds. The number of hydrogen-bond donors (Lipinski definition) is 0. The third kappa shape index (κ3) is 11.3. The van der Waals surface area contributed by atoms with Crippen molar-refractivity contribution in [3.05, 3.63) is 137 Å². The van der Waals surface area contributed by atoms with E-state index in [1.807, 2.05) is 64.1 Å². The van der Waals surface area contributed by atoms with Gasteiger partial charge in [0.1, 0.15) is 11.6 Å². The van der Waals surface area contributed by atoms with Crippen molar-refractivity contribution in [2.45, 2.75) is 74.7 Å². The number of benzene rings is 2. The van der Waals surface area contributed by atoms with Gasteiger partial charge in [0.2, 0.25) is 0 Å². The minimum Gasteiger partial charge on any atom is -0.300 e. The van der Waals surface area contributed by atoms with Gasteiger partial charge < -0.3 is 0 Å². The standard InChI is InChI=1S/C24H29FO.C14H20/c1-15-11-21(14-22(25)12-15)18(4)19(5)24(13-17(3)20(6)26)23-10-8-7-9-16(23)2;1-11(2)13(5)9-7-8-10-14(6)12(3)4/h7-12,14,17-18H,13H2,1-6H3;7-10,14H,1,3,5H2,2,4,6H3/b24-19+;9-7-,10-8-. The molecule has 0 aliphatic carbocycles. The molecule has 0 spiro atoms. The average molecular weight is 541 g/mol. The number of halogens is 1. The number of carbonyl (C=O) groups is 1. The Hall–Kier alpha value is -3.52. The molecule has 0 heterocycles. The smallest absolute Gasteiger partial charge is 0.132 e. The van der Waals surface area contributed by atoms with Crippen LogP contribution in [0.15, 0.2) is 109 Å². The summed E-state index contributed by atoms with van der Waals surface area (Å²) in [5.41, 5.74) is 9.81. The Morgan fingerprint density at radius 1 is 0.925 bits per heavy atom. The molecule has 0 aliphatic heterocycles. The summed E-state index contributed by atoms with van der Waals surface area (Å²) in [4.78, 5) is 11.9. The Labute approximate surface area is 243 Å². The van der Waals surface area contributed by atoms with Crippen molar-refractivity contribution in [1.29, 1.82) is 0 Å². The lowest BCUT2D eigenvalue weighted by Gasteiger charge is -2.22. The van der Waals surface area contributed by atoms with Crippen LogP contribution in [0.5, 0.6) is 0 Å². The second-order valence-electron chi connectivity index (χ2n) is 11.2. The molecular formula is C38H49FO. The lowest BCUT2D eigenvalue weighted by molar-refractivity contribution is -0.120. The van der Waals surface area contributed by atoms with Gasteiger partial charge in [-0.1, -0.05) is 112 Å². The highest BCUT2D eigenvalue weighted by Crippen LogP contribution is 2.36. The van der Waals surface area contributed by atoms with Gasteiger partial charge in [-0.05, 0) is 99.4 Å². The molecule has 0 N–H and O–H groups in total. The van der Waals surface area contributed by atoms with Crippen LogP contribution >= 0.6 is 0 Å². The van der Waals surface area contributed by atoms with Crippen LogP contribution in [-0.2, 0) is 4.79 Å². The van der Waals surface area contributed by atoms with Crippen LogP contribution in [0.3, 0.4) is 0 Å². The van der Waals surface area contributed by atoms with Crippen LogP contribution in [0.4, 0.5) is 4.39 Å². The lowest BCUT2D eigenvalue weighted by Crippen LogP contribution is -2.10. The summed E-state index contributed by atoms with van der Waals surface area (Å²) >= 11 is 0. The topological polar surface area (TPSA) is 17.1 Å². The molecule has 0 radical (unpaired) electrons. The van der Waals surface area contributed by atoms with E-state index in [2.05, 4.69) is 65.6 Å². The maximum Gasteiger partial charge on any atom is 0.132 e. The van der Waals surface area contributed by atoms with Crippen molar-refractivity contribution >= 4 is 11.4 Å². The molecule has 0 aliphatic rings. The normalized spacial score (nSPS) is 14.2. The third-order valence-corrected chi connectivity index (χ3v) is 7.50. The first-order valence-electron chi connectivity index (χ1n) is 14.0. The van der Waals surface area contributed by atoms with E-state index in [9.17, 15) is 9.18 Å². The van der Waals surface area contributed by atoms with Crippen LogP contribution < -0.4 is 0 Å². The molecule has 3 atom stereocenters. The molecule has 2 heteroatoms. The molecule has 2 aromatic rings. The SMILES string of the molecule is C=C(C)C(=C)/C=C\C=C/C(C)C(=C)C.CC(=O)C(C)C/C(=C(/C)C(C)c1cc(C)cc(F)c1)c1ccccc1C. The van der Waals surface area contributed by atoms with Crippen molar-refractivity contribution in [3.63, 3.8) is 0 Å². The third-order valence-electron chi connectivity index (χ3n) is 7.50. The van der Waals surface area contributed by atoms with Crippen LogP contribution in [0, 0.1) is 31.5 Å². The molecule has 1 nitrogen and oxygen atoms in total. The molecule has 214 valence electrons. The first kappa shape index (κ1) is 34.5. The van der Waals surface area contributed by atoms with Crippen LogP contribution in [0.25, 0.3) is 5.57 Å². The maximum atomic E-state index is 13.9. The van der Waals surface area contributed by atoms with Crippen LogP contribution in [-0.4, -0.2) is 5.78 Å². The molecule has 40 heavy (non-hydrogen) atoms. The summed E-state index contributed by atoms with van der Waals surface area (Å²) in [6, 6.07) is 13.5. The van der Waals surface area contributed by atoms with E-state index in [0.717, 1.165) is 22.3 Å². The van der Waals surface area contributed by atoms with Crippen molar-refractivity contribution in [2.75, 3.05) is 0 Å². The number of allylic oxidation sites excluding steroid dienone is 9. The molecule has 0 aromatic heterocycles. The number of carbonyl (C=O) groups excluding carboxylic acids is 1. The van der Waals surface area contributed by atoms with Crippen LogP contribution in [0.2, 0.25) is 0 Å². The highest BCUT2D eigenvalue weighted by molar-refractivity contribution is 5.82. The predicted octanol–water partition coefficient (Wildman–Crippen LogP) is 11.1. The average Bonchev–Trinajstić information content (AvgIpc) is 2.88. The molecule has 3 unspecified atom stereocenters. The minimum absolute atomic E-state index is 0.0407. The van der Waals surface area contributed by atoms with Gasteiger partial charge in [-0.25, -0.2) is 4.39 Å². The van der Waals surface area contributed by atoms with E-state index in [-0.39, 0.29) is 23.4 Å². The number of aryl methyl sites for hydroxylation is 2. The van der Waals surface area contributed by atoms with Crippen molar-refractivity contribution in [2.24, 2.45) is 11.8 Å². The molecule has 0 bridgehead atoms. The van der Waals surface area contributed by atoms with Gasteiger partial charge in [0.15, 0.2) is 0 Å². The van der Waals surface area contributed by atoms with E-state index in [0.29, 0.717) is 12.3 Å². The van der Waals surface area contributed by atoms with Gasteiger partial charge in [0.05, 0.1) is 0 Å². The zero-order valence-corrected chi connectivity index (χ0v) is 26.2. The van der Waals surface area contributed by atoms with Gasteiger partial charge in [-0.15, -0.1) is 0 Å². The van der Waals surface area contributed by atoms with E-state index >= 15 is 0 Å². The first-order chi connectivity index (χ1) is 18.6. The van der Waals surface area contributed by atoms with Gasteiger partial charge in [0.25, 0.3) is 0 Å². The fraction of sp³-hybridized carbons (Fsp3) is 0.342. The lowest BCUT2D eigenvalue weighted by atomic mass is 9.82. The second kappa shape index (κ2) is 16.6. The van der Waals surface area contributed by atoms with E-state index in [4.69, 9.17) is 0 Å². The highest BCUT2D eigenvalue weighted by Gasteiger charge is 2.19. The van der Waals surface area contributed by atoms with Crippen molar-refractivity contribution < 1.29 is 9.18 Å². The molecule has 2 rings (SSSR count). The Bertz CT molecular complexity index is 1280. The van der Waals surface area contributed by atoms with Crippen molar-refractivity contribution in [3.8, 4) is 0 Å². The summed E-state index contributed by atoms with van der Waals surface area (Å²) in [5, 5.41) is 0. The molecule has 2 aromatic carbocycles. The monoisotopic (exact) mass is 540 g/mol. The highest BCUT2D eigenvalue weighted by atomic mass is 19.1. The number of ketones is 1. The predicted molar refractivity (Wildman–Crippen MR) is 174 cm³/mol. The zero-order chi connectivity index (χ0) is 30.6. The van der Waals surface area contributed by atoms with Gasteiger partial charge >= 0.3 is 0 Å². The van der Waals surface area contributed by atoms with E-state index in [1.165, 1.54) is 27.8 Å². The first-order valence-corrected chi connectivity index (χ1v) is 14.0. The quantitative estimate of drug-likeness (QED) is 0.205. The molecule has 0 fully saturated rings. The van der Waals surface area contributed by atoms with Gasteiger partial charge in [-0.3, -0.25) is 4.79 Å².